The molecule has 0 amide bonds. The smallest absolute Gasteiger partial charge is 0.187 e. The molecule has 1 atom stereocenters. The van der Waals surface area contributed by atoms with Crippen molar-refractivity contribution in [3.63, 3.8) is 0 Å². The summed E-state index contributed by atoms with van der Waals surface area (Å²) in [6.45, 7) is 2.16. The largest absolute Gasteiger partial charge is 0.234 e. The van der Waals surface area contributed by atoms with E-state index in [0.29, 0.717) is 5.92 Å². The van der Waals surface area contributed by atoms with Gasteiger partial charge in [-0.25, -0.2) is 0 Å². The first-order valence-corrected chi connectivity index (χ1v) is 8.44. The number of rotatable bonds is 4. The molecule has 2 aromatic heterocycles. The van der Waals surface area contributed by atoms with Crippen LogP contribution in [0.4, 0.5) is 0 Å². The maximum Gasteiger partial charge on any atom is 0.234 e. The van der Waals surface area contributed by atoms with E-state index in [-0.39, 0.29) is 0 Å². The lowest BCUT2D eigenvalue weighted by atomic mass is 9.98. The maximum atomic E-state index is 4.74. The maximum absolute atomic E-state index is 4.74. The van der Waals surface area contributed by atoms with Crippen molar-refractivity contribution in [3.8, 4) is 0 Å². The Bertz CT molecular complexity index is 774. The normalized spacial score (nSPS) is 17.5. The SMILES string of the molecule is CCCc1nnc2sc(C[C@@H]3CCc4ccccc43)nn12. The van der Waals surface area contributed by atoms with Crippen molar-refractivity contribution in [3.05, 3.63) is 46.2 Å². The van der Waals surface area contributed by atoms with Gasteiger partial charge in [0.15, 0.2) is 5.82 Å². The minimum atomic E-state index is 0.611. The van der Waals surface area contributed by atoms with Crippen molar-refractivity contribution in [2.45, 2.75) is 44.9 Å². The fourth-order valence-electron chi connectivity index (χ4n) is 3.23. The van der Waals surface area contributed by atoms with Crippen LogP contribution in [0.2, 0.25) is 0 Å². The van der Waals surface area contributed by atoms with Crippen molar-refractivity contribution in [1.29, 1.82) is 0 Å². The number of aryl methyl sites for hydroxylation is 2. The topological polar surface area (TPSA) is 43.1 Å². The molecule has 1 aromatic carbocycles. The molecule has 0 saturated carbocycles. The molecule has 0 radical (unpaired) electrons. The van der Waals surface area contributed by atoms with Crippen LogP contribution in [-0.4, -0.2) is 19.8 Å². The zero-order chi connectivity index (χ0) is 14.2. The first-order chi connectivity index (χ1) is 10.3. The molecule has 0 saturated heterocycles. The lowest BCUT2D eigenvalue weighted by molar-refractivity contribution is 0.659. The van der Waals surface area contributed by atoms with Gasteiger partial charge in [0.1, 0.15) is 5.01 Å². The Morgan fingerprint density at radius 1 is 1.29 bits per heavy atom. The minimum Gasteiger partial charge on any atom is -0.187 e. The fourth-order valence-corrected chi connectivity index (χ4v) is 4.16. The summed E-state index contributed by atoms with van der Waals surface area (Å²) in [5.41, 5.74) is 3.02. The Morgan fingerprint density at radius 3 is 3.10 bits per heavy atom. The van der Waals surface area contributed by atoms with Gasteiger partial charge in [0.2, 0.25) is 4.96 Å². The summed E-state index contributed by atoms with van der Waals surface area (Å²) in [5.74, 6) is 1.60. The Balaban J connectivity index is 1.60. The number of benzene rings is 1. The van der Waals surface area contributed by atoms with E-state index in [1.165, 1.54) is 29.0 Å². The number of fused-ring (bicyclic) bond motifs is 2. The molecule has 4 rings (SSSR count). The average molecular weight is 298 g/mol. The quantitative estimate of drug-likeness (QED) is 0.741. The molecular weight excluding hydrogens is 280 g/mol. The molecule has 0 spiro atoms. The predicted molar refractivity (Wildman–Crippen MR) is 83.9 cm³/mol. The highest BCUT2D eigenvalue weighted by atomic mass is 32.1. The van der Waals surface area contributed by atoms with Crippen LogP contribution >= 0.6 is 11.3 Å². The third kappa shape index (κ3) is 2.25. The van der Waals surface area contributed by atoms with Gasteiger partial charge in [0.05, 0.1) is 0 Å². The first kappa shape index (κ1) is 13.0. The second-order valence-corrected chi connectivity index (χ2v) is 6.74. The van der Waals surface area contributed by atoms with Crippen LogP contribution in [0.5, 0.6) is 0 Å². The molecule has 0 fully saturated rings. The van der Waals surface area contributed by atoms with Crippen molar-refractivity contribution in [2.24, 2.45) is 0 Å². The van der Waals surface area contributed by atoms with E-state index in [2.05, 4.69) is 41.4 Å². The van der Waals surface area contributed by atoms with Crippen molar-refractivity contribution < 1.29 is 0 Å². The second-order valence-electron chi connectivity index (χ2n) is 5.69. The Morgan fingerprint density at radius 2 is 2.19 bits per heavy atom. The van der Waals surface area contributed by atoms with E-state index in [1.54, 1.807) is 11.3 Å². The second kappa shape index (κ2) is 5.22. The molecule has 3 aromatic rings. The molecule has 1 aliphatic carbocycles. The summed E-state index contributed by atoms with van der Waals surface area (Å²) >= 11 is 1.68. The first-order valence-electron chi connectivity index (χ1n) is 7.63. The highest BCUT2D eigenvalue weighted by molar-refractivity contribution is 7.16. The number of hydrogen-bond donors (Lipinski definition) is 0. The van der Waals surface area contributed by atoms with Gasteiger partial charge in [-0.3, -0.25) is 0 Å². The van der Waals surface area contributed by atoms with E-state index in [9.17, 15) is 0 Å². The molecule has 0 unspecified atom stereocenters. The van der Waals surface area contributed by atoms with Crippen molar-refractivity contribution in [1.82, 2.24) is 19.8 Å². The van der Waals surface area contributed by atoms with Crippen LogP contribution in [0.1, 0.15) is 47.6 Å². The molecular formula is C16H18N4S. The van der Waals surface area contributed by atoms with Gasteiger partial charge in [0.25, 0.3) is 0 Å². The number of nitrogens with zero attached hydrogens (tertiary/aromatic N) is 4. The van der Waals surface area contributed by atoms with Crippen LogP contribution < -0.4 is 0 Å². The van der Waals surface area contributed by atoms with Gasteiger partial charge in [-0.2, -0.15) is 9.61 Å². The van der Waals surface area contributed by atoms with Gasteiger partial charge in [-0.1, -0.05) is 42.5 Å². The molecule has 0 N–H and O–H groups in total. The van der Waals surface area contributed by atoms with E-state index >= 15 is 0 Å². The monoisotopic (exact) mass is 298 g/mol. The fraction of sp³-hybridized carbons (Fsp3) is 0.438. The van der Waals surface area contributed by atoms with E-state index in [4.69, 9.17) is 5.10 Å². The summed E-state index contributed by atoms with van der Waals surface area (Å²) in [6.07, 6.45) is 5.48. The summed E-state index contributed by atoms with van der Waals surface area (Å²) in [6, 6.07) is 8.82. The van der Waals surface area contributed by atoms with Crippen LogP contribution in [0.3, 0.4) is 0 Å². The van der Waals surface area contributed by atoms with Gasteiger partial charge in [0, 0.05) is 12.8 Å². The van der Waals surface area contributed by atoms with Gasteiger partial charge in [-0.05, 0) is 36.3 Å². The van der Waals surface area contributed by atoms with Gasteiger partial charge in [-0.15, -0.1) is 10.2 Å². The van der Waals surface area contributed by atoms with Crippen LogP contribution in [-0.2, 0) is 19.3 Å². The minimum absolute atomic E-state index is 0.611. The summed E-state index contributed by atoms with van der Waals surface area (Å²) in [7, 11) is 0. The summed E-state index contributed by atoms with van der Waals surface area (Å²) in [5, 5.41) is 14.4. The van der Waals surface area contributed by atoms with Crippen LogP contribution in [0.25, 0.3) is 4.96 Å². The highest BCUT2D eigenvalue weighted by Gasteiger charge is 2.24. The van der Waals surface area contributed by atoms with Gasteiger partial charge >= 0.3 is 0 Å². The van der Waals surface area contributed by atoms with Crippen molar-refractivity contribution >= 4 is 16.3 Å². The molecule has 0 bridgehead atoms. The number of aromatic nitrogens is 4. The molecule has 4 nitrogen and oxygen atoms in total. The molecule has 21 heavy (non-hydrogen) atoms. The van der Waals surface area contributed by atoms with E-state index < -0.39 is 0 Å². The van der Waals surface area contributed by atoms with E-state index in [0.717, 1.165) is 30.0 Å². The molecule has 1 aliphatic rings. The highest BCUT2D eigenvalue weighted by Crippen LogP contribution is 2.35. The van der Waals surface area contributed by atoms with Crippen LogP contribution in [0.15, 0.2) is 24.3 Å². The Hall–Kier alpha value is -1.75. The molecule has 5 heteroatoms. The standard InChI is InChI=1S/C16H18N4S/c1-2-5-14-17-18-16-20(14)19-15(21-16)10-12-9-8-11-6-3-4-7-13(11)12/h3-4,6-7,12H,2,5,8-10H2,1H3/t12-/m0/s1. The molecule has 0 aliphatic heterocycles. The summed E-state index contributed by atoms with van der Waals surface area (Å²) in [4.78, 5) is 0.930. The molecule has 2 heterocycles. The third-order valence-corrected chi connectivity index (χ3v) is 5.17. The zero-order valence-electron chi connectivity index (χ0n) is 12.1. The predicted octanol–water partition coefficient (Wildman–Crippen LogP) is 3.41. The van der Waals surface area contributed by atoms with Gasteiger partial charge < -0.3 is 0 Å². The summed E-state index contributed by atoms with van der Waals surface area (Å²) < 4.78 is 1.93. The Labute approximate surface area is 127 Å². The average Bonchev–Trinajstić information content (AvgIpc) is 3.17. The third-order valence-electron chi connectivity index (χ3n) is 4.25. The lowest BCUT2D eigenvalue weighted by Crippen LogP contribution is -2.01. The lowest BCUT2D eigenvalue weighted by Gasteiger charge is -2.08. The van der Waals surface area contributed by atoms with Crippen LogP contribution in [0, 0.1) is 0 Å². The number of hydrogen-bond acceptors (Lipinski definition) is 4. The van der Waals surface area contributed by atoms with E-state index in [1.807, 2.05) is 4.52 Å². The Kier molecular flexibility index (Phi) is 3.22. The molecule has 108 valence electrons. The zero-order valence-corrected chi connectivity index (χ0v) is 12.9. The van der Waals surface area contributed by atoms with Crippen molar-refractivity contribution in [2.75, 3.05) is 0 Å².